The van der Waals surface area contributed by atoms with E-state index in [2.05, 4.69) is 10.3 Å². The number of carbonyl (C=O) groups is 1. The molecule has 1 saturated heterocycles. The molecule has 1 aromatic carbocycles. The molecule has 0 radical (unpaired) electrons. The predicted molar refractivity (Wildman–Crippen MR) is 85.7 cm³/mol. The van der Waals surface area contributed by atoms with Gasteiger partial charge in [-0.25, -0.2) is 4.98 Å². The van der Waals surface area contributed by atoms with Crippen LogP contribution in [0.1, 0.15) is 28.1 Å². The maximum absolute atomic E-state index is 12.2. The smallest absolute Gasteiger partial charge is 0.257 e. The van der Waals surface area contributed by atoms with Gasteiger partial charge in [-0.05, 0) is 38.0 Å². The molecule has 0 unspecified atom stereocenters. The standard InChI is InChI=1S/C16H18N2O3S/c1-11-9-17-16(22-11)18-15(19)12-4-2-5-13(8-12)21-10-14-6-3-7-20-14/h2,4-5,8-9,14H,3,6-7,10H2,1H3,(H,17,18,19)/t14-/m1/s1. The Labute approximate surface area is 133 Å². The number of amides is 1. The van der Waals surface area contributed by atoms with Crippen molar-refractivity contribution in [1.82, 2.24) is 4.98 Å². The summed E-state index contributed by atoms with van der Waals surface area (Å²) in [6.07, 6.45) is 4.02. The van der Waals surface area contributed by atoms with Crippen molar-refractivity contribution in [2.45, 2.75) is 25.9 Å². The normalized spacial score (nSPS) is 17.4. The molecule has 0 aliphatic carbocycles. The number of nitrogens with one attached hydrogen (secondary N) is 1. The minimum Gasteiger partial charge on any atom is -0.491 e. The van der Waals surface area contributed by atoms with Crippen molar-refractivity contribution in [1.29, 1.82) is 0 Å². The lowest BCUT2D eigenvalue weighted by Gasteiger charge is -2.12. The van der Waals surface area contributed by atoms with Crippen molar-refractivity contribution in [3.63, 3.8) is 0 Å². The minimum atomic E-state index is -0.183. The number of hydrogen-bond donors (Lipinski definition) is 1. The quantitative estimate of drug-likeness (QED) is 0.919. The summed E-state index contributed by atoms with van der Waals surface area (Å²) in [7, 11) is 0. The van der Waals surface area contributed by atoms with Gasteiger partial charge >= 0.3 is 0 Å². The van der Waals surface area contributed by atoms with Crippen molar-refractivity contribution in [2.75, 3.05) is 18.5 Å². The van der Waals surface area contributed by atoms with Gasteiger partial charge in [0.25, 0.3) is 5.91 Å². The summed E-state index contributed by atoms with van der Waals surface area (Å²) in [5.74, 6) is 0.496. The summed E-state index contributed by atoms with van der Waals surface area (Å²) in [5.41, 5.74) is 0.553. The Hall–Kier alpha value is -1.92. The van der Waals surface area contributed by atoms with Crippen LogP contribution in [0.25, 0.3) is 0 Å². The molecule has 1 aliphatic heterocycles. The van der Waals surface area contributed by atoms with Crippen molar-refractivity contribution < 1.29 is 14.3 Å². The molecule has 0 saturated carbocycles. The average molecular weight is 318 g/mol. The zero-order chi connectivity index (χ0) is 15.4. The molecule has 22 heavy (non-hydrogen) atoms. The van der Waals surface area contributed by atoms with Crippen molar-refractivity contribution in [3.8, 4) is 5.75 Å². The number of anilines is 1. The number of ether oxygens (including phenoxy) is 2. The predicted octanol–water partition coefficient (Wildman–Crippen LogP) is 3.26. The Bertz CT molecular complexity index is 650. The number of aryl methyl sites for hydroxylation is 1. The molecule has 116 valence electrons. The van der Waals surface area contributed by atoms with Crippen LogP contribution < -0.4 is 10.1 Å². The van der Waals surface area contributed by atoms with E-state index in [1.807, 2.05) is 19.1 Å². The van der Waals surface area contributed by atoms with Crippen LogP contribution in [0.2, 0.25) is 0 Å². The third kappa shape index (κ3) is 3.84. The lowest BCUT2D eigenvalue weighted by atomic mass is 10.2. The van der Waals surface area contributed by atoms with Crippen molar-refractivity contribution >= 4 is 22.4 Å². The van der Waals surface area contributed by atoms with E-state index in [1.165, 1.54) is 11.3 Å². The van der Waals surface area contributed by atoms with Gasteiger partial charge in [-0.2, -0.15) is 0 Å². The third-order valence-corrected chi connectivity index (χ3v) is 4.23. The van der Waals surface area contributed by atoms with Gasteiger partial charge in [-0.1, -0.05) is 6.07 Å². The Balaban J connectivity index is 1.61. The van der Waals surface area contributed by atoms with E-state index in [9.17, 15) is 4.79 Å². The summed E-state index contributed by atoms with van der Waals surface area (Å²) in [6, 6.07) is 7.16. The number of nitrogens with zero attached hydrogens (tertiary/aromatic N) is 1. The Kier molecular flexibility index (Phi) is 4.70. The van der Waals surface area contributed by atoms with E-state index in [4.69, 9.17) is 9.47 Å². The molecule has 1 amide bonds. The van der Waals surface area contributed by atoms with Crippen molar-refractivity contribution in [2.24, 2.45) is 0 Å². The summed E-state index contributed by atoms with van der Waals surface area (Å²) in [4.78, 5) is 17.4. The zero-order valence-corrected chi connectivity index (χ0v) is 13.2. The topological polar surface area (TPSA) is 60.5 Å². The lowest BCUT2D eigenvalue weighted by molar-refractivity contribution is 0.0679. The number of aromatic nitrogens is 1. The van der Waals surface area contributed by atoms with Gasteiger partial charge in [0.05, 0.1) is 6.10 Å². The van der Waals surface area contributed by atoms with Crippen LogP contribution in [0.15, 0.2) is 30.5 Å². The van der Waals surface area contributed by atoms with Gasteiger partial charge < -0.3 is 9.47 Å². The highest BCUT2D eigenvalue weighted by molar-refractivity contribution is 7.15. The lowest BCUT2D eigenvalue weighted by Crippen LogP contribution is -2.16. The second kappa shape index (κ2) is 6.89. The van der Waals surface area contributed by atoms with Crippen LogP contribution in [0.4, 0.5) is 5.13 Å². The second-order valence-corrected chi connectivity index (χ2v) is 6.44. The first kappa shape index (κ1) is 15.0. The molecule has 1 atom stereocenters. The molecule has 1 aromatic heterocycles. The number of benzene rings is 1. The highest BCUT2D eigenvalue weighted by atomic mass is 32.1. The Morgan fingerprint density at radius 3 is 3.18 bits per heavy atom. The summed E-state index contributed by atoms with van der Waals surface area (Å²) >= 11 is 1.45. The van der Waals surface area contributed by atoms with Crippen LogP contribution in [-0.4, -0.2) is 30.2 Å². The van der Waals surface area contributed by atoms with Gasteiger partial charge in [0, 0.05) is 23.2 Å². The molecule has 3 rings (SSSR count). The maximum atomic E-state index is 12.2. The van der Waals surface area contributed by atoms with E-state index in [-0.39, 0.29) is 12.0 Å². The third-order valence-electron chi connectivity index (χ3n) is 3.40. The first-order valence-electron chi connectivity index (χ1n) is 7.29. The molecule has 1 N–H and O–H groups in total. The molecule has 2 aromatic rings. The van der Waals surface area contributed by atoms with Crippen LogP contribution in [0.3, 0.4) is 0 Å². The van der Waals surface area contributed by atoms with E-state index >= 15 is 0 Å². The first-order valence-corrected chi connectivity index (χ1v) is 8.10. The Morgan fingerprint density at radius 2 is 2.45 bits per heavy atom. The van der Waals surface area contributed by atoms with Gasteiger partial charge in [-0.15, -0.1) is 11.3 Å². The minimum absolute atomic E-state index is 0.163. The molecule has 1 aliphatic rings. The SMILES string of the molecule is Cc1cnc(NC(=O)c2cccc(OC[C@H]3CCCO3)c2)s1. The van der Waals surface area contributed by atoms with E-state index in [1.54, 1.807) is 18.3 Å². The monoisotopic (exact) mass is 318 g/mol. The van der Waals surface area contributed by atoms with Crippen molar-refractivity contribution in [3.05, 3.63) is 40.9 Å². The molecular weight excluding hydrogens is 300 g/mol. The van der Waals surface area contributed by atoms with Crippen LogP contribution in [-0.2, 0) is 4.74 Å². The average Bonchev–Trinajstić information content (AvgIpc) is 3.17. The number of thiazole rings is 1. The van der Waals surface area contributed by atoms with Gasteiger partial charge in [0.15, 0.2) is 5.13 Å². The fourth-order valence-corrected chi connectivity index (χ4v) is 2.93. The molecular formula is C16H18N2O3S. The van der Waals surface area contributed by atoms with Crippen LogP contribution in [0, 0.1) is 6.92 Å². The highest BCUT2D eigenvalue weighted by Gasteiger charge is 2.16. The van der Waals surface area contributed by atoms with Gasteiger partial charge in [0.1, 0.15) is 12.4 Å². The molecule has 6 heteroatoms. The fourth-order valence-electron chi connectivity index (χ4n) is 2.27. The molecule has 5 nitrogen and oxygen atoms in total. The largest absolute Gasteiger partial charge is 0.491 e. The summed E-state index contributed by atoms with van der Waals surface area (Å²) in [6.45, 7) is 3.29. The zero-order valence-electron chi connectivity index (χ0n) is 12.4. The molecule has 1 fully saturated rings. The second-order valence-electron chi connectivity index (χ2n) is 5.20. The summed E-state index contributed by atoms with van der Waals surface area (Å²) < 4.78 is 11.2. The maximum Gasteiger partial charge on any atom is 0.257 e. The van der Waals surface area contributed by atoms with E-state index in [0.29, 0.717) is 23.1 Å². The highest BCUT2D eigenvalue weighted by Crippen LogP contribution is 2.20. The first-order chi connectivity index (χ1) is 10.7. The van der Waals surface area contributed by atoms with Gasteiger partial charge in [-0.3, -0.25) is 10.1 Å². The summed E-state index contributed by atoms with van der Waals surface area (Å²) in [5, 5.41) is 3.40. The number of hydrogen-bond acceptors (Lipinski definition) is 5. The van der Waals surface area contributed by atoms with Gasteiger partial charge in [0.2, 0.25) is 0 Å². The fraction of sp³-hybridized carbons (Fsp3) is 0.375. The molecule has 0 spiro atoms. The molecule has 2 heterocycles. The van der Waals surface area contributed by atoms with E-state index < -0.39 is 0 Å². The van der Waals surface area contributed by atoms with Crippen LogP contribution >= 0.6 is 11.3 Å². The van der Waals surface area contributed by atoms with E-state index in [0.717, 1.165) is 24.3 Å². The molecule has 0 bridgehead atoms. The Morgan fingerprint density at radius 1 is 1.55 bits per heavy atom. The number of carbonyl (C=O) groups excluding carboxylic acids is 1. The number of rotatable bonds is 5. The van der Waals surface area contributed by atoms with Crippen LogP contribution in [0.5, 0.6) is 5.75 Å².